The summed E-state index contributed by atoms with van der Waals surface area (Å²) in [5, 5.41) is 9.11. The van der Waals surface area contributed by atoms with Crippen molar-refractivity contribution in [3.8, 4) is 0 Å². The molecule has 0 radical (unpaired) electrons. The van der Waals surface area contributed by atoms with Gasteiger partial charge in [-0.15, -0.1) is 0 Å². The van der Waals surface area contributed by atoms with Gasteiger partial charge in [0, 0.05) is 12.0 Å². The minimum atomic E-state index is 0.100. The Morgan fingerprint density at radius 3 is 2.62 bits per heavy atom. The standard InChI is InChI=1S/C10H17NO2/c1-7-2-5-9(6-12)11(7)10(13)8-3-4-8/h7-9,12H,2-6H2,1H3. The predicted molar refractivity (Wildman–Crippen MR) is 49.1 cm³/mol. The van der Waals surface area contributed by atoms with Gasteiger partial charge in [-0.2, -0.15) is 0 Å². The number of rotatable bonds is 2. The lowest BCUT2D eigenvalue weighted by molar-refractivity contribution is -0.135. The van der Waals surface area contributed by atoms with E-state index in [1.807, 2.05) is 4.90 Å². The van der Waals surface area contributed by atoms with Crippen molar-refractivity contribution in [2.75, 3.05) is 6.61 Å². The number of likely N-dealkylation sites (tertiary alicyclic amines) is 1. The first-order chi connectivity index (χ1) is 6.24. The Labute approximate surface area is 78.7 Å². The zero-order chi connectivity index (χ0) is 9.42. The molecule has 13 heavy (non-hydrogen) atoms. The van der Waals surface area contributed by atoms with Gasteiger partial charge in [0.25, 0.3) is 0 Å². The van der Waals surface area contributed by atoms with Crippen molar-refractivity contribution in [2.24, 2.45) is 5.92 Å². The van der Waals surface area contributed by atoms with Gasteiger partial charge in [-0.05, 0) is 32.6 Å². The zero-order valence-corrected chi connectivity index (χ0v) is 8.07. The van der Waals surface area contributed by atoms with Gasteiger partial charge >= 0.3 is 0 Å². The molecule has 0 bridgehead atoms. The molecule has 2 fully saturated rings. The minimum absolute atomic E-state index is 0.100. The molecule has 0 aromatic rings. The van der Waals surface area contributed by atoms with Crippen LogP contribution in [0.15, 0.2) is 0 Å². The number of nitrogens with zero attached hydrogens (tertiary/aromatic N) is 1. The Kier molecular flexibility index (Phi) is 2.28. The Morgan fingerprint density at radius 1 is 1.38 bits per heavy atom. The van der Waals surface area contributed by atoms with Gasteiger partial charge < -0.3 is 10.0 Å². The zero-order valence-electron chi connectivity index (χ0n) is 8.07. The molecule has 2 unspecified atom stereocenters. The maximum Gasteiger partial charge on any atom is 0.226 e. The lowest BCUT2D eigenvalue weighted by atomic mass is 10.2. The van der Waals surface area contributed by atoms with Crippen molar-refractivity contribution < 1.29 is 9.90 Å². The highest BCUT2D eigenvalue weighted by Crippen LogP contribution is 2.35. The molecule has 0 aromatic heterocycles. The first-order valence-electron chi connectivity index (χ1n) is 5.17. The van der Waals surface area contributed by atoms with Crippen molar-refractivity contribution in [1.82, 2.24) is 4.90 Å². The summed E-state index contributed by atoms with van der Waals surface area (Å²) in [6, 6.07) is 0.438. The fourth-order valence-electron chi connectivity index (χ4n) is 2.19. The minimum Gasteiger partial charge on any atom is -0.394 e. The summed E-state index contributed by atoms with van der Waals surface area (Å²) in [5.74, 6) is 0.568. The number of hydrogen-bond donors (Lipinski definition) is 1. The molecule has 1 N–H and O–H groups in total. The summed E-state index contributed by atoms with van der Waals surface area (Å²) in [5.41, 5.74) is 0. The topological polar surface area (TPSA) is 40.5 Å². The van der Waals surface area contributed by atoms with E-state index in [2.05, 4.69) is 6.92 Å². The van der Waals surface area contributed by atoms with E-state index >= 15 is 0 Å². The quantitative estimate of drug-likeness (QED) is 0.687. The van der Waals surface area contributed by atoms with Crippen LogP contribution in [0.1, 0.15) is 32.6 Å². The maximum atomic E-state index is 11.8. The van der Waals surface area contributed by atoms with Crippen LogP contribution in [0.25, 0.3) is 0 Å². The van der Waals surface area contributed by atoms with Crippen LogP contribution in [0.5, 0.6) is 0 Å². The van der Waals surface area contributed by atoms with E-state index in [1.165, 1.54) is 0 Å². The molecule has 2 rings (SSSR count). The van der Waals surface area contributed by atoms with Crippen LogP contribution < -0.4 is 0 Å². The normalized spacial score (nSPS) is 33.8. The van der Waals surface area contributed by atoms with Crippen LogP contribution in [0.3, 0.4) is 0 Å². The molecule has 1 amide bonds. The molecule has 3 nitrogen and oxygen atoms in total. The molecule has 3 heteroatoms. The molecule has 0 aromatic carbocycles. The average Bonchev–Trinajstić information content (AvgIpc) is 2.89. The van der Waals surface area contributed by atoms with Crippen molar-refractivity contribution >= 4 is 5.91 Å². The highest BCUT2D eigenvalue weighted by Gasteiger charge is 2.40. The third kappa shape index (κ3) is 1.57. The van der Waals surface area contributed by atoms with Crippen LogP contribution in [0.4, 0.5) is 0 Å². The van der Waals surface area contributed by atoms with E-state index in [-0.39, 0.29) is 24.5 Å². The third-order valence-electron chi connectivity index (χ3n) is 3.18. The fourth-order valence-corrected chi connectivity index (χ4v) is 2.19. The second-order valence-corrected chi connectivity index (χ2v) is 4.28. The molecule has 0 spiro atoms. The first-order valence-corrected chi connectivity index (χ1v) is 5.17. The molecule has 1 heterocycles. The smallest absolute Gasteiger partial charge is 0.226 e. The van der Waals surface area contributed by atoms with E-state index in [4.69, 9.17) is 5.11 Å². The van der Waals surface area contributed by atoms with Crippen LogP contribution in [-0.4, -0.2) is 34.6 Å². The van der Waals surface area contributed by atoms with Gasteiger partial charge in [0.05, 0.1) is 12.6 Å². The summed E-state index contributed by atoms with van der Waals surface area (Å²) < 4.78 is 0. The third-order valence-corrected chi connectivity index (χ3v) is 3.18. The predicted octanol–water partition coefficient (Wildman–Crippen LogP) is 0.768. The Morgan fingerprint density at radius 2 is 2.08 bits per heavy atom. The van der Waals surface area contributed by atoms with Gasteiger partial charge in [-0.1, -0.05) is 0 Å². The monoisotopic (exact) mass is 183 g/mol. The summed E-state index contributed by atoms with van der Waals surface area (Å²) in [7, 11) is 0. The molecular weight excluding hydrogens is 166 g/mol. The molecular formula is C10H17NO2. The van der Waals surface area contributed by atoms with Gasteiger partial charge in [-0.3, -0.25) is 4.79 Å². The van der Waals surface area contributed by atoms with E-state index in [0.717, 1.165) is 25.7 Å². The van der Waals surface area contributed by atoms with E-state index in [9.17, 15) is 4.79 Å². The fraction of sp³-hybridized carbons (Fsp3) is 0.900. The Bertz CT molecular complexity index is 213. The van der Waals surface area contributed by atoms with E-state index in [0.29, 0.717) is 6.04 Å². The van der Waals surface area contributed by atoms with Crippen LogP contribution in [0.2, 0.25) is 0 Å². The lowest BCUT2D eigenvalue weighted by Crippen LogP contribution is -2.42. The number of hydrogen-bond acceptors (Lipinski definition) is 2. The Balaban J connectivity index is 2.04. The summed E-state index contributed by atoms with van der Waals surface area (Å²) >= 11 is 0. The molecule has 1 saturated heterocycles. The second-order valence-electron chi connectivity index (χ2n) is 4.28. The number of aliphatic hydroxyl groups is 1. The second kappa shape index (κ2) is 3.29. The first kappa shape index (κ1) is 9.00. The van der Waals surface area contributed by atoms with Crippen LogP contribution in [-0.2, 0) is 4.79 Å². The molecule has 1 saturated carbocycles. The summed E-state index contributed by atoms with van der Waals surface area (Å²) in [4.78, 5) is 13.7. The Hall–Kier alpha value is -0.570. The average molecular weight is 183 g/mol. The number of amides is 1. The molecule has 1 aliphatic carbocycles. The highest BCUT2D eigenvalue weighted by molar-refractivity contribution is 5.81. The summed E-state index contributed by atoms with van der Waals surface area (Å²) in [6.45, 7) is 2.21. The largest absolute Gasteiger partial charge is 0.394 e. The van der Waals surface area contributed by atoms with Crippen molar-refractivity contribution in [3.05, 3.63) is 0 Å². The number of carbonyl (C=O) groups is 1. The van der Waals surface area contributed by atoms with Crippen molar-refractivity contribution in [2.45, 2.75) is 44.7 Å². The molecule has 2 atom stereocenters. The molecule has 2 aliphatic rings. The SMILES string of the molecule is CC1CCC(CO)N1C(=O)C1CC1. The number of aliphatic hydroxyl groups excluding tert-OH is 1. The van der Waals surface area contributed by atoms with E-state index < -0.39 is 0 Å². The summed E-state index contributed by atoms with van der Waals surface area (Å²) in [6.07, 6.45) is 4.13. The van der Waals surface area contributed by atoms with Crippen molar-refractivity contribution in [1.29, 1.82) is 0 Å². The van der Waals surface area contributed by atoms with Crippen LogP contribution >= 0.6 is 0 Å². The lowest BCUT2D eigenvalue weighted by Gasteiger charge is -2.27. The highest BCUT2D eigenvalue weighted by atomic mass is 16.3. The number of carbonyl (C=O) groups excluding carboxylic acids is 1. The van der Waals surface area contributed by atoms with Crippen LogP contribution in [0, 0.1) is 5.92 Å². The van der Waals surface area contributed by atoms with E-state index in [1.54, 1.807) is 0 Å². The van der Waals surface area contributed by atoms with Crippen molar-refractivity contribution in [3.63, 3.8) is 0 Å². The van der Waals surface area contributed by atoms with Gasteiger partial charge in [0.1, 0.15) is 0 Å². The molecule has 74 valence electrons. The molecule has 1 aliphatic heterocycles. The van der Waals surface area contributed by atoms with Gasteiger partial charge in [0.15, 0.2) is 0 Å². The van der Waals surface area contributed by atoms with Gasteiger partial charge in [-0.25, -0.2) is 0 Å². The van der Waals surface area contributed by atoms with Gasteiger partial charge in [0.2, 0.25) is 5.91 Å². The maximum absolute atomic E-state index is 11.8.